The highest BCUT2D eigenvalue weighted by molar-refractivity contribution is 7.98. The Balaban J connectivity index is 2.11. The standard InChI is InChI=1S/C41H67N13O10S/c1-23(2)18-28(35(59)47-20-32(56)49-27(14-17-65-4)37(61)51-26(34(43)58)12-8-15-46-41(44)45)52-38(62)29(19-25-10-6-5-7-11-25)50-33(57)21-48-36(60)30(22-55)53-39(63)31-13-9-16-54(31)40(64)24(3)42/h5-7,10-11,23-24,26-31,55H,8-9,12-22,42H2,1-4H3,(H2,43,58)(H,47,59)(H,48,60)(H,49,56)(H,50,57)(H,51,61)(H,52,62)(H,53,63)(H4,44,45,46). The summed E-state index contributed by atoms with van der Waals surface area (Å²) in [7, 11) is 0. The summed E-state index contributed by atoms with van der Waals surface area (Å²) in [6.45, 7) is 3.57. The van der Waals surface area contributed by atoms with E-state index in [-0.39, 0.29) is 44.1 Å². The maximum absolute atomic E-state index is 13.9. The molecule has 2 rings (SSSR count). The van der Waals surface area contributed by atoms with Crippen molar-refractivity contribution in [3.63, 3.8) is 0 Å². The maximum Gasteiger partial charge on any atom is 0.245 e. The number of aliphatic hydroxyl groups is 1. The number of nitrogens with zero attached hydrogens (tertiary/aromatic N) is 2. The molecule has 0 spiro atoms. The van der Waals surface area contributed by atoms with E-state index in [4.69, 9.17) is 22.9 Å². The first-order valence-corrected chi connectivity index (χ1v) is 22.8. The number of hydrogen-bond donors (Lipinski definition) is 12. The molecule has 1 saturated heterocycles. The van der Waals surface area contributed by atoms with E-state index in [9.17, 15) is 48.3 Å². The van der Waals surface area contributed by atoms with Gasteiger partial charge in [-0.3, -0.25) is 48.1 Å². The number of likely N-dealkylation sites (tertiary alicyclic amines) is 1. The molecule has 1 aliphatic heterocycles. The third kappa shape index (κ3) is 20.1. The Morgan fingerprint density at radius 1 is 0.769 bits per heavy atom. The lowest BCUT2D eigenvalue weighted by molar-refractivity contribution is -0.140. The van der Waals surface area contributed by atoms with Crippen molar-refractivity contribution in [1.29, 1.82) is 0 Å². The van der Waals surface area contributed by atoms with Gasteiger partial charge in [-0.25, -0.2) is 0 Å². The molecule has 0 bridgehead atoms. The van der Waals surface area contributed by atoms with Crippen molar-refractivity contribution in [1.82, 2.24) is 42.1 Å². The van der Waals surface area contributed by atoms with Gasteiger partial charge in [0, 0.05) is 19.5 Å². The van der Waals surface area contributed by atoms with E-state index in [1.807, 2.05) is 20.1 Å². The van der Waals surface area contributed by atoms with Crippen LogP contribution in [0, 0.1) is 5.92 Å². The molecule has 1 aromatic carbocycles. The van der Waals surface area contributed by atoms with Crippen LogP contribution in [0.25, 0.3) is 0 Å². The number of guanidine groups is 1. The molecule has 16 N–H and O–H groups in total. The summed E-state index contributed by atoms with van der Waals surface area (Å²) >= 11 is 1.42. The first-order chi connectivity index (χ1) is 30.8. The molecule has 1 fully saturated rings. The van der Waals surface area contributed by atoms with Crippen molar-refractivity contribution in [3.05, 3.63) is 35.9 Å². The van der Waals surface area contributed by atoms with E-state index < -0.39 is 115 Å². The highest BCUT2D eigenvalue weighted by Gasteiger charge is 2.37. The first kappa shape index (κ1) is 55.1. The zero-order valence-corrected chi connectivity index (χ0v) is 38.2. The van der Waals surface area contributed by atoms with E-state index in [1.165, 1.54) is 23.6 Å². The molecule has 0 aromatic heterocycles. The number of carbonyl (C=O) groups excluding carboxylic acids is 9. The van der Waals surface area contributed by atoms with Crippen molar-refractivity contribution < 1.29 is 48.3 Å². The number of thioether (sulfide) groups is 1. The molecular weight excluding hydrogens is 867 g/mol. The molecule has 0 saturated carbocycles. The Morgan fingerprint density at radius 3 is 1.91 bits per heavy atom. The van der Waals surface area contributed by atoms with Gasteiger partial charge in [0.05, 0.1) is 25.7 Å². The molecule has 0 aliphatic carbocycles. The van der Waals surface area contributed by atoms with Crippen LogP contribution in [0.4, 0.5) is 0 Å². The molecule has 7 unspecified atom stereocenters. The van der Waals surface area contributed by atoms with Crippen LogP contribution >= 0.6 is 11.8 Å². The predicted octanol–water partition coefficient (Wildman–Crippen LogP) is -4.45. The fourth-order valence-electron chi connectivity index (χ4n) is 6.70. The van der Waals surface area contributed by atoms with Gasteiger partial charge in [0.1, 0.15) is 36.3 Å². The average Bonchev–Trinajstić information content (AvgIpc) is 3.75. The highest BCUT2D eigenvalue weighted by Crippen LogP contribution is 2.18. The number of amides is 9. The van der Waals surface area contributed by atoms with Gasteiger partial charge in [0.2, 0.25) is 53.2 Å². The molecular formula is C41H67N13O10S. The Hall–Kier alpha value is -6.01. The Kier molecular flexibility index (Phi) is 24.4. The Labute approximate surface area is 382 Å². The lowest BCUT2D eigenvalue weighted by Crippen LogP contribution is -2.58. The number of primary amides is 1. The summed E-state index contributed by atoms with van der Waals surface area (Å²) in [5, 5.41) is 27.6. The number of benzene rings is 1. The van der Waals surface area contributed by atoms with E-state index in [2.05, 4.69) is 42.2 Å². The average molecular weight is 934 g/mol. The fourth-order valence-corrected chi connectivity index (χ4v) is 7.17. The Morgan fingerprint density at radius 2 is 1.35 bits per heavy atom. The zero-order chi connectivity index (χ0) is 48.6. The minimum atomic E-state index is -1.46. The lowest BCUT2D eigenvalue weighted by atomic mass is 10.0. The lowest BCUT2D eigenvalue weighted by Gasteiger charge is -2.27. The summed E-state index contributed by atoms with van der Waals surface area (Å²) in [5.74, 6) is -6.26. The molecule has 1 aromatic rings. The molecule has 24 heteroatoms. The molecule has 362 valence electrons. The third-order valence-electron chi connectivity index (χ3n) is 10.0. The number of nitrogens with one attached hydrogen (secondary N) is 7. The van der Waals surface area contributed by atoms with Crippen LogP contribution in [-0.4, -0.2) is 156 Å². The fraction of sp³-hybridized carbons (Fsp3) is 0.610. The molecule has 65 heavy (non-hydrogen) atoms. The second-order valence-corrected chi connectivity index (χ2v) is 17.0. The van der Waals surface area contributed by atoms with E-state index in [1.54, 1.807) is 30.3 Å². The monoisotopic (exact) mass is 933 g/mol. The van der Waals surface area contributed by atoms with Gasteiger partial charge >= 0.3 is 0 Å². The zero-order valence-electron chi connectivity index (χ0n) is 37.4. The Bertz CT molecular complexity index is 1820. The van der Waals surface area contributed by atoms with Gasteiger partial charge in [-0.05, 0) is 68.9 Å². The normalized spacial score (nSPS) is 16.0. The van der Waals surface area contributed by atoms with Crippen LogP contribution in [0.2, 0.25) is 0 Å². The molecule has 1 heterocycles. The predicted molar refractivity (Wildman–Crippen MR) is 243 cm³/mol. The number of carbonyl (C=O) groups is 9. The van der Waals surface area contributed by atoms with Crippen LogP contribution < -0.4 is 60.2 Å². The summed E-state index contributed by atoms with van der Waals surface area (Å²) in [4.78, 5) is 123. The maximum atomic E-state index is 13.9. The summed E-state index contributed by atoms with van der Waals surface area (Å²) in [6, 6.07) is 0.896. The van der Waals surface area contributed by atoms with Crippen molar-refractivity contribution in [2.24, 2.45) is 33.8 Å². The van der Waals surface area contributed by atoms with Crippen LogP contribution in [0.3, 0.4) is 0 Å². The number of rotatable bonds is 28. The molecule has 0 radical (unpaired) electrons. The van der Waals surface area contributed by atoms with Crippen LogP contribution in [0.5, 0.6) is 0 Å². The summed E-state index contributed by atoms with van der Waals surface area (Å²) in [6.07, 6.45) is 3.45. The van der Waals surface area contributed by atoms with Crippen molar-refractivity contribution >= 4 is 70.9 Å². The van der Waals surface area contributed by atoms with Gasteiger partial charge in [-0.15, -0.1) is 0 Å². The van der Waals surface area contributed by atoms with Gasteiger partial charge in [-0.2, -0.15) is 11.8 Å². The molecule has 7 atom stereocenters. The van der Waals surface area contributed by atoms with Crippen molar-refractivity contribution in [2.75, 3.05) is 44.8 Å². The van der Waals surface area contributed by atoms with Gasteiger partial charge < -0.3 is 70.2 Å². The minimum absolute atomic E-state index is 0.0233. The van der Waals surface area contributed by atoms with Gasteiger partial charge in [-0.1, -0.05) is 44.2 Å². The number of aliphatic imine (C=N–C) groups is 1. The summed E-state index contributed by atoms with van der Waals surface area (Å²) in [5.41, 5.74) is 22.5. The molecule has 23 nitrogen and oxygen atoms in total. The number of hydrogen-bond acceptors (Lipinski definition) is 13. The molecule has 1 aliphatic rings. The molecule has 9 amide bonds. The topological polar surface area (TPSA) is 378 Å². The van der Waals surface area contributed by atoms with Gasteiger partial charge in [0.15, 0.2) is 5.96 Å². The second-order valence-electron chi connectivity index (χ2n) is 16.0. The van der Waals surface area contributed by atoms with Crippen LogP contribution in [-0.2, 0) is 49.6 Å². The van der Waals surface area contributed by atoms with E-state index in [0.29, 0.717) is 37.1 Å². The quantitative estimate of drug-likeness (QED) is 0.0214. The number of nitrogens with two attached hydrogens (primary N) is 4. The summed E-state index contributed by atoms with van der Waals surface area (Å²) < 4.78 is 0. The SMILES string of the molecule is CSCCC(NC(=O)CNC(=O)C(CC(C)C)NC(=O)C(Cc1ccccc1)NC(=O)CNC(=O)C(CO)NC(=O)C1CCCN1C(=O)C(C)N)C(=O)NC(CCCN=C(N)N)C(N)=O. The number of aliphatic hydroxyl groups excluding tert-OH is 1. The van der Waals surface area contributed by atoms with Crippen LogP contribution in [0.15, 0.2) is 35.3 Å². The highest BCUT2D eigenvalue weighted by atomic mass is 32.2. The third-order valence-corrected chi connectivity index (χ3v) is 10.7. The van der Waals surface area contributed by atoms with Crippen molar-refractivity contribution in [2.45, 2.75) is 108 Å². The van der Waals surface area contributed by atoms with E-state index >= 15 is 0 Å². The smallest absolute Gasteiger partial charge is 0.245 e. The van der Waals surface area contributed by atoms with Crippen molar-refractivity contribution in [3.8, 4) is 0 Å². The van der Waals surface area contributed by atoms with E-state index in [0.717, 1.165) is 0 Å². The van der Waals surface area contributed by atoms with Crippen LogP contribution in [0.1, 0.15) is 64.9 Å². The minimum Gasteiger partial charge on any atom is -0.394 e. The first-order valence-electron chi connectivity index (χ1n) is 21.4. The second kappa shape index (κ2) is 28.7. The largest absolute Gasteiger partial charge is 0.394 e. The van der Waals surface area contributed by atoms with Gasteiger partial charge in [0.25, 0.3) is 0 Å².